The molecule has 46 heavy (non-hydrogen) atoms. The quantitative estimate of drug-likeness (QED) is 0.219. The molecule has 6 aromatic carbocycles. The number of hydrogen-bond acceptors (Lipinski definition) is 2. The minimum absolute atomic E-state index is 0.566. The highest BCUT2D eigenvalue weighted by Crippen LogP contribution is 2.62. The molecule has 0 aromatic heterocycles. The molecule has 0 unspecified atom stereocenters. The zero-order chi connectivity index (χ0) is 31.1. The SMILES string of the molecule is CC=C1/C(=C\CC)N(c2ccccc2)c2ccccc2C12c1cc(-c3ccccc3)ccc1Nc1ccc(-c3ccccc3)cc12. The number of rotatable bonds is 4. The van der Waals surface area contributed by atoms with Crippen LogP contribution in [0, 0.1) is 0 Å². The summed E-state index contributed by atoms with van der Waals surface area (Å²) in [7, 11) is 0. The van der Waals surface area contributed by atoms with Gasteiger partial charge in [-0.15, -0.1) is 0 Å². The molecule has 2 heterocycles. The number of allylic oxidation sites excluding steroid dienone is 3. The number of anilines is 4. The number of nitrogens with zero attached hydrogens (tertiary/aromatic N) is 1. The van der Waals surface area contributed by atoms with E-state index in [2.05, 4.69) is 188 Å². The molecule has 0 atom stereocenters. The Bertz CT molecular complexity index is 2020. The first-order chi connectivity index (χ1) is 22.7. The molecule has 222 valence electrons. The van der Waals surface area contributed by atoms with Crippen molar-refractivity contribution in [1.82, 2.24) is 0 Å². The van der Waals surface area contributed by atoms with Crippen LogP contribution in [0.25, 0.3) is 22.3 Å². The van der Waals surface area contributed by atoms with Gasteiger partial charge in [-0.05, 0) is 100 Å². The fourth-order valence-electron chi connectivity index (χ4n) is 7.61. The smallest absolute Gasteiger partial charge is 0.0779 e. The van der Waals surface area contributed by atoms with Crippen molar-refractivity contribution in [2.24, 2.45) is 0 Å². The first-order valence-corrected chi connectivity index (χ1v) is 16.2. The highest BCUT2D eigenvalue weighted by atomic mass is 15.2. The van der Waals surface area contributed by atoms with E-state index in [9.17, 15) is 0 Å². The summed E-state index contributed by atoms with van der Waals surface area (Å²) in [6.45, 7) is 4.45. The van der Waals surface area contributed by atoms with Gasteiger partial charge in [0.1, 0.15) is 0 Å². The molecule has 2 nitrogen and oxygen atoms in total. The zero-order valence-corrected chi connectivity index (χ0v) is 26.2. The Balaban J connectivity index is 1.52. The van der Waals surface area contributed by atoms with Gasteiger partial charge in [0, 0.05) is 22.8 Å². The van der Waals surface area contributed by atoms with Gasteiger partial charge in [-0.3, -0.25) is 0 Å². The van der Waals surface area contributed by atoms with Crippen LogP contribution in [0.3, 0.4) is 0 Å². The molecular formula is C44H36N2. The zero-order valence-electron chi connectivity index (χ0n) is 26.2. The van der Waals surface area contributed by atoms with Gasteiger partial charge in [0.15, 0.2) is 0 Å². The minimum Gasteiger partial charge on any atom is -0.355 e. The molecule has 2 heteroatoms. The van der Waals surface area contributed by atoms with E-state index in [0.29, 0.717) is 0 Å². The summed E-state index contributed by atoms with van der Waals surface area (Å²) >= 11 is 0. The highest BCUT2D eigenvalue weighted by Gasteiger charge is 2.51. The molecule has 2 aliphatic rings. The Morgan fingerprint density at radius 2 is 1.09 bits per heavy atom. The Morgan fingerprint density at radius 3 is 1.63 bits per heavy atom. The van der Waals surface area contributed by atoms with Crippen molar-refractivity contribution in [3.63, 3.8) is 0 Å². The lowest BCUT2D eigenvalue weighted by atomic mass is 9.58. The third-order valence-electron chi connectivity index (χ3n) is 9.50. The van der Waals surface area contributed by atoms with Gasteiger partial charge in [-0.25, -0.2) is 0 Å². The van der Waals surface area contributed by atoms with Crippen molar-refractivity contribution in [1.29, 1.82) is 0 Å². The summed E-state index contributed by atoms with van der Waals surface area (Å²) < 4.78 is 0. The number of fused-ring (bicyclic) bond motifs is 6. The summed E-state index contributed by atoms with van der Waals surface area (Å²) in [5.74, 6) is 0. The summed E-state index contributed by atoms with van der Waals surface area (Å²) in [6.07, 6.45) is 5.68. The van der Waals surface area contributed by atoms with Crippen LogP contribution in [-0.4, -0.2) is 0 Å². The Kier molecular flexibility index (Phi) is 6.92. The van der Waals surface area contributed by atoms with Crippen molar-refractivity contribution in [3.8, 4) is 22.3 Å². The van der Waals surface area contributed by atoms with Crippen LogP contribution in [0.15, 0.2) is 175 Å². The summed E-state index contributed by atoms with van der Waals surface area (Å²) in [6, 6.07) is 55.2. The van der Waals surface area contributed by atoms with E-state index in [1.807, 2.05) is 0 Å². The Hall–Kier alpha value is -5.60. The van der Waals surface area contributed by atoms with E-state index >= 15 is 0 Å². The molecule has 6 aromatic rings. The summed E-state index contributed by atoms with van der Waals surface area (Å²) in [5.41, 5.74) is 15.2. The van der Waals surface area contributed by atoms with Crippen LogP contribution >= 0.6 is 0 Å². The number of benzene rings is 6. The molecular weight excluding hydrogens is 556 g/mol. The van der Waals surface area contributed by atoms with Crippen LogP contribution in [0.4, 0.5) is 22.7 Å². The average molecular weight is 593 g/mol. The van der Waals surface area contributed by atoms with Crippen LogP contribution < -0.4 is 10.2 Å². The van der Waals surface area contributed by atoms with E-state index in [0.717, 1.165) is 23.5 Å². The molecule has 0 bridgehead atoms. The van der Waals surface area contributed by atoms with Crippen molar-refractivity contribution >= 4 is 22.7 Å². The predicted molar refractivity (Wildman–Crippen MR) is 194 cm³/mol. The molecule has 0 amide bonds. The maximum atomic E-state index is 3.87. The van der Waals surface area contributed by atoms with Gasteiger partial charge in [0.05, 0.1) is 11.1 Å². The summed E-state index contributed by atoms with van der Waals surface area (Å²) in [4.78, 5) is 2.46. The molecule has 1 spiro atoms. The molecule has 1 N–H and O–H groups in total. The van der Waals surface area contributed by atoms with Crippen LogP contribution in [-0.2, 0) is 5.41 Å². The van der Waals surface area contributed by atoms with E-state index in [1.165, 1.54) is 55.9 Å². The normalized spacial score (nSPS) is 16.1. The first kappa shape index (κ1) is 27.9. The molecule has 8 rings (SSSR count). The van der Waals surface area contributed by atoms with E-state index in [-0.39, 0.29) is 0 Å². The van der Waals surface area contributed by atoms with Crippen molar-refractivity contribution in [2.75, 3.05) is 10.2 Å². The number of nitrogens with one attached hydrogen (secondary N) is 1. The van der Waals surface area contributed by atoms with Crippen molar-refractivity contribution < 1.29 is 0 Å². The number of hydrogen-bond donors (Lipinski definition) is 1. The van der Waals surface area contributed by atoms with E-state index in [4.69, 9.17) is 0 Å². The predicted octanol–water partition coefficient (Wildman–Crippen LogP) is 11.8. The van der Waals surface area contributed by atoms with Gasteiger partial charge in [0.2, 0.25) is 0 Å². The molecule has 2 aliphatic heterocycles. The molecule has 0 saturated heterocycles. The Morgan fingerprint density at radius 1 is 0.565 bits per heavy atom. The second-order valence-corrected chi connectivity index (χ2v) is 12.0. The maximum absolute atomic E-state index is 3.87. The lowest BCUT2D eigenvalue weighted by Crippen LogP contribution is -2.43. The monoisotopic (exact) mass is 592 g/mol. The summed E-state index contributed by atoms with van der Waals surface area (Å²) in [5, 5.41) is 3.87. The van der Waals surface area contributed by atoms with Crippen LogP contribution in [0.2, 0.25) is 0 Å². The van der Waals surface area contributed by atoms with E-state index in [1.54, 1.807) is 0 Å². The van der Waals surface area contributed by atoms with Gasteiger partial charge in [-0.1, -0.05) is 128 Å². The van der Waals surface area contributed by atoms with Crippen molar-refractivity contribution in [3.05, 3.63) is 192 Å². The topological polar surface area (TPSA) is 15.3 Å². The van der Waals surface area contributed by atoms with Crippen LogP contribution in [0.5, 0.6) is 0 Å². The van der Waals surface area contributed by atoms with Gasteiger partial charge < -0.3 is 10.2 Å². The third kappa shape index (κ3) is 4.25. The Labute approximate surface area is 272 Å². The van der Waals surface area contributed by atoms with Gasteiger partial charge >= 0.3 is 0 Å². The number of para-hydroxylation sites is 2. The van der Waals surface area contributed by atoms with Gasteiger partial charge in [0.25, 0.3) is 0 Å². The van der Waals surface area contributed by atoms with Gasteiger partial charge in [-0.2, -0.15) is 0 Å². The lowest BCUT2D eigenvalue weighted by molar-refractivity contribution is 0.700. The standard InChI is InChI=1S/C44H36N2/c1-3-16-42-36(4-2)44(37-23-14-15-24-43(37)46(42)35-21-12-7-13-22-35)38-29-33(31-17-8-5-9-18-31)25-27-40(38)45-41-28-26-34(30-39(41)44)32-19-10-6-11-20-32/h4-30,45H,3H2,1-2H3/b36-4?,42-16+. The van der Waals surface area contributed by atoms with E-state index < -0.39 is 5.41 Å². The second-order valence-electron chi connectivity index (χ2n) is 12.0. The maximum Gasteiger partial charge on any atom is 0.0779 e. The fourth-order valence-corrected chi connectivity index (χ4v) is 7.61. The molecule has 0 aliphatic carbocycles. The molecule has 0 radical (unpaired) electrons. The minimum atomic E-state index is -0.566. The lowest BCUT2D eigenvalue weighted by Gasteiger charge is -2.51. The average Bonchev–Trinajstić information content (AvgIpc) is 3.13. The first-order valence-electron chi connectivity index (χ1n) is 16.2. The largest absolute Gasteiger partial charge is 0.355 e. The highest BCUT2D eigenvalue weighted by molar-refractivity contribution is 5.92. The third-order valence-corrected chi connectivity index (χ3v) is 9.50. The molecule has 0 fully saturated rings. The second kappa shape index (κ2) is 11.4. The fraction of sp³-hybridized carbons (Fsp3) is 0.0909. The molecule has 0 saturated carbocycles. The van der Waals surface area contributed by atoms with Crippen molar-refractivity contribution in [2.45, 2.75) is 25.7 Å². The van der Waals surface area contributed by atoms with Crippen LogP contribution in [0.1, 0.15) is 37.0 Å².